The number of rotatable bonds is 6. The monoisotopic (exact) mass is 333 g/mol. The van der Waals surface area contributed by atoms with Crippen molar-refractivity contribution in [2.45, 2.75) is 44.5 Å². The predicted molar refractivity (Wildman–Crippen MR) is 90.1 cm³/mol. The second-order valence-electron chi connectivity index (χ2n) is 7.07. The zero-order valence-corrected chi connectivity index (χ0v) is 14.0. The molecule has 0 unspecified atom stereocenters. The van der Waals surface area contributed by atoms with Crippen LogP contribution in [0.25, 0.3) is 0 Å². The Morgan fingerprint density at radius 2 is 1.71 bits per heavy atom. The third-order valence-electron chi connectivity index (χ3n) is 5.25. The minimum atomic E-state index is -0.632. The molecule has 24 heavy (non-hydrogen) atoms. The van der Waals surface area contributed by atoms with E-state index in [4.69, 9.17) is 4.74 Å². The molecule has 2 aliphatic rings. The first kappa shape index (κ1) is 17.4. The Kier molecular flexibility index (Phi) is 5.87. The van der Waals surface area contributed by atoms with Gasteiger partial charge in [-0.3, -0.25) is 4.79 Å². The van der Waals surface area contributed by atoms with Crippen LogP contribution in [-0.4, -0.2) is 52.9 Å². The summed E-state index contributed by atoms with van der Waals surface area (Å²) in [5.74, 6) is 0.833. The van der Waals surface area contributed by atoms with Gasteiger partial charge in [-0.1, -0.05) is 30.3 Å². The lowest BCUT2D eigenvalue weighted by Crippen LogP contribution is -2.38. The maximum atomic E-state index is 12.3. The first-order chi connectivity index (χ1) is 11.6. The number of amides is 1. The van der Waals surface area contributed by atoms with Gasteiger partial charge in [0.05, 0.1) is 18.8 Å². The number of carbonyl (C=O) groups is 1. The third kappa shape index (κ3) is 4.35. The Bertz CT molecular complexity index is 517. The van der Waals surface area contributed by atoms with Gasteiger partial charge in [0.1, 0.15) is 0 Å². The van der Waals surface area contributed by atoms with Crippen molar-refractivity contribution in [2.24, 2.45) is 11.8 Å². The Morgan fingerprint density at radius 3 is 2.33 bits per heavy atom. The van der Waals surface area contributed by atoms with Gasteiger partial charge in [0.2, 0.25) is 5.91 Å². The van der Waals surface area contributed by atoms with Crippen molar-refractivity contribution >= 4 is 5.91 Å². The number of hydrogen-bond donors (Lipinski definition) is 2. The molecule has 2 N–H and O–H groups in total. The molecule has 132 valence electrons. The summed E-state index contributed by atoms with van der Waals surface area (Å²) < 4.78 is 5.62. The van der Waals surface area contributed by atoms with Crippen LogP contribution in [0, 0.1) is 11.8 Å². The Morgan fingerprint density at radius 1 is 1.08 bits per heavy atom. The molecular formula is C19H27NO4. The third-order valence-corrected chi connectivity index (χ3v) is 5.25. The molecule has 3 rings (SSSR count). The fourth-order valence-corrected chi connectivity index (χ4v) is 3.86. The zero-order chi connectivity index (χ0) is 16.9. The van der Waals surface area contributed by atoms with Gasteiger partial charge in [-0.05, 0) is 36.7 Å². The molecule has 1 aliphatic carbocycles. The second kappa shape index (κ2) is 8.10. The van der Waals surface area contributed by atoms with Crippen molar-refractivity contribution in [3.05, 3.63) is 35.9 Å². The number of likely N-dealkylation sites (tertiary alicyclic amines) is 1. The van der Waals surface area contributed by atoms with E-state index in [1.807, 2.05) is 35.2 Å². The molecule has 0 spiro atoms. The summed E-state index contributed by atoms with van der Waals surface area (Å²) in [6.45, 7) is 2.60. The molecule has 1 aromatic rings. The lowest BCUT2D eigenvalue weighted by Gasteiger charge is -2.31. The molecule has 4 atom stereocenters. The lowest BCUT2D eigenvalue weighted by molar-refractivity contribution is -0.130. The predicted octanol–water partition coefficient (Wildman–Crippen LogP) is 1.57. The van der Waals surface area contributed by atoms with Crippen molar-refractivity contribution in [2.75, 3.05) is 19.7 Å². The molecule has 2 fully saturated rings. The van der Waals surface area contributed by atoms with Gasteiger partial charge >= 0.3 is 0 Å². The number of benzene rings is 1. The van der Waals surface area contributed by atoms with Gasteiger partial charge in [0.15, 0.2) is 0 Å². The largest absolute Gasteiger partial charge is 0.390 e. The molecule has 5 nitrogen and oxygen atoms in total. The summed E-state index contributed by atoms with van der Waals surface area (Å²) in [7, 11) is 0. The van der Waals surface area contributed by atoms with E-state index in [-0.39, 0.29) is 5.91 Å². The van der Waals surface area contributed by atoms with Crippen molar-refractivity contribution < 1.29 is 19.7 Å². The number of hydrogen-bond acceptors (Lipinski definition) is 4. The van der Waals surface area contributed by atoms with Crippen LogP contribution in [0.5, 0.6) is 0 Å². The van der Waals surface area contributed by atoms with E-state index < -0.39 is 12.2 Å². The molecular weight excluding hydrogens is 306 g/mol. The van der Waals surface area contributed by atoms with Crippen molar-refractivity contribution in [3.63, 3.8) is 0 Å². The molecule has 1 aromatic carbocycles. The first-order valence-electron chi connectivity index (χ1n) is 8.89. The van der Waals surface area contributed by atoms with Gasteiger partial charge < -0.3 is 19.8 Å². The minimum absolute atomic E-state index is 0.164. The maximum Gasteiger partial charge on any atom is 0.222 e. The Labute approximate surface area is 143 Å². The summed E-state index contributed by atoms with van der Waals surface area (Å²) in [6.07, 6.45) is 1.17. The molecule has 0 bridgehead atoms. The van der Waals surface area contributed by atoms with Crippen LogP contribution in [0.4, 0.5) is 0 Å². The van der Waals surface area contributed by atoms with E-state index in [2.05, 4.69) is 0 Å². The van der Waals surface area contributed by atoms with E-state index in [1.54, 1.807) is 0 Å². The Hall–Kier alpha value is -1.43. The van der Waals surface area contributed by atoms with Gasteiger partial charge in [0.25, 0.3) is 0 Å². The van der Waals surface area contributed by atoms with Crippen molar-refractivity contribution in [3.8, 4) is 0 Å². The van der Waals surface area contributed by atoms with Crippen molar-refractivity contribution in [1.82, 2.24) is 4.90 Å². The molecule has 1 amide bonds. The van der Waals surface area contributed by atoms with E-state index in [0.29, 0.717) is 44.3 Å². The normalized spacial score (nSPS) is 29.5. The van der Waals surface area contributed by atoms with E-state index >= 15 is 0 Å². The van der Waals surface area contributed by atoms with Gasteiger partial charge in [-0.2, -0.15) is 0 Å². The van der Waals surface area contributed by atoms with Crippen LogP contribution in [0.3, 0.4) is 0 Å². The first-order valence-corrected chi connectivity index (χ1v) is 8.89. The van der Waals surface area contributed by atoms with Crippen molar-refractivity contribution in [1.29, 1.82) is 0 Å². The van der Waals surface area contributed by atoms with Crippen LogP contribution >= 0.6 is 0 Å². The standard InChI is InChI=1S/C19H27NO4/c21-17-9-15-11-20(12-16(15)10-18(17)22)19(23)7-4-8-24-13-14-5-2-1-3-6-14/h1-3,5-6,15-18,21-22H,4,7-13H2/t15-,16+,17-,18-/m0/s1. The molecule has 1 aliphatic heterocycles. The second-order valence-corrected chi connectivity index (χ2v) is 7.07. The van der Waals surface area contributed by atoms with Crippen LogP contribution < -0.4 is 0 Å². The molecule has 1 saturated carbocycles. The number of aliphatic hydroxyl groups is 2. The van der Waals surface area contributed by atoms with Crippen LogP contribution in [0.2, 0.25) is 0 Å². The molecule has 0 aromatic heterocycles. The zero-order valence-electron chi connectivity index (χ0n) is 14.0. The number of aliphatic hydroxyl groups excluding tert-OH is 2. The molecule has 1 saturated heterocycles. The smallest absolute Gasteiger partial charge is 0.222 e. The SMILES string of the molecule is O=C(CCCOCc1ccccc1)N1C[C@H]2C[C@H](O)[C@@H](O)C[C@H]2C1. The molecule has 1 heterocycles. The average molecular weight is 333 g/mol. The number of carbonyl (C=O) groups excluding carboxylic acids is 1. The number of ether oxygens (including phenoxy) is 1. The van der Waals surface area contributed by atoms with Gasteiger partial charge in [-0.15, -0.1) is 0 Å². The average Bonchev–Trinajstić information content (AvgIpc) is 2.98. The maximum absolute atomic E-state index is 12.3. The molecule has 0 radical (unpaired) electrons. The highest BCUT2D eigenvalue weighted by atomic mass is 16.5. The highest BCUT2D eigenvalue weighted by molar-refractivity contribution is 5.76. The van der Waals surface area contributed by atoms with Gasteiger partial charge in [-0.25, -0.2) is 0 Å². The summed E-state index contributed by atoms with van der Waals surface area (Å²) in [5, 5.41) is 19.5. The van der Waals surface area contributed by atoms with E-state index in [9.17, 15) is 15.0 Å². The highest BCUT2D eigenvalue weighted by Gasteiger charge is 2.42. The summed E-state index contributed by atoms with van der Waals surface area (Å²) in [5.41, 5.74) is 1.14. The Balaban J connectivity index is 1.34. The highest BCUT2D eigenvalue weighted by Crippen LogP contribution is 2.36. The van der Waals surface area contributed by atoms with E-state index in [1.165, 1.54) is 0 Å². The minimum Gasteiger partial charge on any atom is -0.390 e. The lowest BCUT2D eigenvalue weighted by atomic mass is 9.79. The number of fused-ring (bicyclic) bond motifs is 1. The summed E-state index contributed by atoms with van der Waals surface area (Å²) >= 11 is 0. The van der Waals surface area contributed by atoms with Crippen LogP contribution in [-0.2, 0) is 16.1 Å². The topological polar surface area (TPSA) is 70.0 Å². The van der Waals surface area contributed by atoms with Crippen LogP contribution in [0.1, 0.15) is 31.2 Å². The number of nitrogens with zero attached hydrogens (tertiary/aromatic N) is 1. The summed E-state index contributed by atoms with van der Waals surface area (Å²) in [4.78, 5) is 14.2. The fourth-order valence-electron chi connectivity index (χ4n) is 3.86. The molecule has 5 heteroatoms. The van der Waals surface area contributed by atoms with Gasteiger partial charge in [0, 0.05) is 26.1 Å². The fraction of sp³-hybridized carbons (Fsp3) is 0.632. The quantitative estimate of drug-likeness (QED) is 0.776. The van der Waals surface area contributed by atoms with Crippen LogP contribution in [0.15, 0.2) is 30.3 Å². The summed E-state index contributed by atoms with van der Waals surface area (Å²) in [6, 6.07) is 10.0. The van der Waals surface area contributed by atoms with E-state index in [0.717, 1.165) is 25.1 Å².